The number of aryl methyl sites for hydroxylation is 2. The van der Waals surface area contributed by atoms with E-state index in [0.29, 0.717) is 6.04 Å². The maximum Gasteiger partial charge on any atom is 0.183 e. The Kier molecular flexibility index (Phi) is 17.9. The summed E-state index contributed by atoms with van der Waals surface area (Å²) in [7, 11) is 6.58. The van der Waals surface area contributed by atoms with Gasteiger partial charge < -0.3 is 24.1 Å². The number of benzene rings is 4. The summed E-state index contributed by atoms with van der Waals surface area (Å²) >= 11 is 1.38. The molecule has 2 aliphatic heterocycles. The van der Waals surface area contributed by atoms with Gasteiger partial charge in [0, 0.05) is 29.6 Å². The van der Waals surface area contributed by atoms with Gasteiger partial charge in [0.25, 0.3) is 0 Å². The standard InChI is InChI=1S/C26H27NO4S.C8H10.C3H8.C2H6.CH5N/c1-28-23-10-9-20-21(26(23)31-32-19-7-5-4-6-8-19)11-12-27-16-18-15-25(30-3)24(29-2)14-17(18)13-22(20)27;1-7-3-5-8(2)6-4-7;1-3-2;2*1-2/h4-10,14-15,22H,11-13,16H2,1-3H3;3-6H,1-2H3;3H2,1-2H3;1-2H3;2H2,1H3. The quantitative estimate of drug-likeness (QED) is 0.207. The Morgan fingerprint density at radius 3 is 1.81 bits per heavy atom. The second-order valence-electron chi connectivity index (χ2n) is 10.9. The van der Waals surface area contributed by atoms with Gasteiger partial charge in [0.05, 0.1) is 33.4 Å². The number of fused-ring (bicyclic) bond motifs is 4. The molecule has 6 rings (SSSR count). The molecule has 1 unspecified atom stereocenters. The number of hydrogen-bond donors (Lipinski definition) is 1. The third kappa shape index (κ3) is 11.0. The lowest BCUT2D eigenvalue weighted by molar-refractivity contribution is 0.159. The predicted octanol–water partition coefficient (Wildman–Crippen LogP) is 9.77. The monoisotopic (exact) mass is 660 g/mol. The van der Waals surface area contributed by atoms with Crippen LogP contribution in [0.5, 0.6) is 23.0 Å². The lowest BCUT2D eigenvalue weighted by Gasteiger charge is -2.42. The highest BCUT2D eigenvalue weighted by atomic mass is 32.2. The highest BCUT2D eigenvalue weighted by Crippen LogP contribution is 2.46. The van der Waals surface area contributed by atoms with Crippen LogP contribution in [-0.2, 0) is 19.4 Å². The van der Waals surface area contributed by atoms with E-state index in [0.717, 1.165) is 53.8 Å². The molecule has 6 nitrogen and oxygen atoms in total. The molecule has 0 saturated carbocycles. The van der Waals surface area contributed by atoms with E-state index in [9.17, 15) is 0 Å². The summed E-state index contributed by atoms with van der Waals surface area (Å²) < 4.78 is 23.0. The van der Waals surface area contributed by atoms with Gasteiger partial charge in [-0.05, 0) is 80.8 Å². The molecule has 4 aromatic carbocycles. The molecule has 4 aromatic rings. The van der Waals surface area contributed by atoms with E-state index in [1.165, 1.54) is 58.9 Å². The van der Waals surface area contributed by atoms with Gasteiger partial charge >= 0.3 is 0 Å². The Hall–Kier alpha value is -3.65. The van der Waals surface area contributed by atoms with E-state index in [2.05, 4.69) is 80.8 Å². The molecule has 2 N–H and O–H groups in total. The van der Waals surface area contributed by atoms with Gasteiger partial charge in [-0.2, -0.15) is 0 Å². The summed E-state index contributed by atoms with van der Waals surface area (Å²) in [6, 6.07) is 27.4. The summed E-state index contributed by atoms with van der Waals surface area (Å²) in [4.78, 5) is 3.62. The first kappa shape index (κ1) is 39.5. The molecule has 2 aliphatic rings. The van der Waals surface area contributed by atoms with E-state index in [1.807, 2.05) is 50.2 Å². The van der Waals surface area contributed by atoms with Crippen LogP contribution in [0.3, 0.4) is 0 Å². The largest absolute Gasteiger partial charge is 0.493 e. The maximum absolute atomic E-state index is 6.27. The molecule has 0 aliphatic carbocycles. The molecule has 47 heavy (non-hydrogen) atoms. The Balaban J connectivity index is 0.000000431. The first-order valence-corrected chi connectivity index (χ1v) is 17.3. The second-order valence-corrected chi connectivity index (χ2v) is 11.7. The van der Waals surface area contributed by atoms with Crippen LogP contribution in [-0.4, -0.2) is 39.8 Å². The van der Waals surface area contributed by atoms with Gasteiger partial charge in [-0.3, -0.25) is 4.90 Å². The van der Waals surface area contributed by atoms with Crippen LogP contribution >= 0.6 is 12.0 Å². The Bertz CT molecular complexity index is 1440. The lowest BCUT2D eigenvalue weighted by atomic mass is 9.83. The van der Waals surface area contributed by atoms with Crippen molar-refractivity contribution in [3.63, 3.8) is 0 Å². The average molecular weight is 661 g/mol. The van der Waals surface area contributed by atoms with Crippen molar-refractivity contribution in [2.75, 3.05) is 34.9 Å². The molecule has 0 fully saturated rings. The molecule has 0 amide bonds. The van der Waals surface area contributed by atoms with Crippen molar-refractivity contribution in [2.24, 2.45) is 5.73 Å². The fourth-order valence-corrected chi connectivity index (χ4v) is 6.04. The van der Waals surface area contributed by atoms with Gasteiger partial charge in [0.1, 0.15) is 0 Å². The molecule has 0 aromatic heterocycles. The third-order valence-electron chi connectivity index (χ3n) is 7.60. The number of nitrogens with zero attached hydrogens (tertiary/aromatic N) is 1. The minimum Gasteiger partial charge on any atom is -0.493 e. The van der Waals surface area contributed by atoms with E-state index < -0.39 is 0 Å². The zero-order chi connectivity index (χ0) is 34.8. The highest BCUT2D eigenvalue weighted by Gasteiger charge is 2.35. The minimum absolute atomic E-state index is 0.305. The van der Waals surface area contributed by atoms with Crippen LogP contribution in [0.15, 0.2) is 83.8 Å². The Labute approximate surface area is 288 Å². The molecular weight excluding hydrogens is 605 g/mol. The van der Waals surface area contributed by atoms with Crippen LogP contribution in [0.2, 0.25) is 0 Å². The van der Waals surface area contributed by atoms with Crippen LogP contribution in [0.4, 0.5) is 0 Å². The van der Waals surface area contributed by atoms with Crippen LogP contribution in [0.1, 0.15) is 73.5 Å². The Morgan fingerprint density at radius 2 is 1.28 bits per heavy atom. The first-order valence-electron chi connectivity index (χ1n) is 16.6. The van der Waals surface area contributed by atoms with Gasteiger partial charge in [0.15, 0.2) is 23.0 Å². The molecule has 7 heteroatoms. The molecule has 0 bridgehead atoms. The van der Waals surface area contributed by atoms with Gasteiger partial charge in [-0.25, -0.2) is 0 Å². The molecular formula is C40H56N2O4S. The van der Waals surface area contributed by atoms with E-state index in [-0.39, 0.29) is 0 Å². The summed E-state index contributed by atoms with van der Waals surface area (Å²) in [6.07, 6.45) is 3.11. The van der Waals surface area contributed by atoms with Gasteiger partial charge in [0.2, 0.25) is 0 Å². The van der Waals surface area contributed by atoms with Crippen molar-refractivity contribution in [1.29, 1.82) is 0 Å². The summed E-state index contributed by atoms with van der Waals surface area (Å²) in [5.41, 5.74) is 12.4. The maximum atomic E-state index is 6.27. The summed E-state index contributed by atoms with van der Waals surface area (Å²) in [5.74, 6) is 3.20. The molecule has 0 radical (unpaired) electrons. The minimum atomic E-state index is 0.305. The van der Waals surface area contributed by atoms with Crippen molar-refractivity contribution >= 4 is 12.0 Å². The molecule has 2 heterocycles. The SMILES string of the molecule is CC.CCC.CN.COc1cc2c(cc1OC)CN1CCc3c(ccc(OC)c3OSc3ccccc3)C1C2.Cc1ccc(C)cc1. The highest BCUT2D eigenvalue weighted by molar-refractivity contribution is 7.95. The fraction of sp³-hybridized carbons (Fsp3) is 0.400. The van der Waals surface area contributed by atoms with Crippen LogP contribution < -0.4 is 24.1 Å². The van der Waals surface area contributed by atoms with Crippen LogP contribution in [0.25, 0.3) is 0 Å². The van der Waals surface area contributed by atoms with E-state index in [1.54, 1.807) is 21.3 Å². The van der Waals surface area contributed by atoms with Crippen molar-refractivity contribution in [3.8, 4) is 23.0 Å². The van der Waals surface area contributed by atoms with Crippen molar-refractivity contribution in [1.82, 2.24) is 4.90 Å². The molecule has 1 atom stereocenters. The zero-order valence-electron chi connectivity index (χ0n) is 30.2. The Morgan fingerprint density at radius 1 is 0.745 bits per heavy atom. The van der Waals surface area contributed by atoms with Crippen molar-refractivity contribution in [2.45, 2.75) is 78.3 Å². The fourth-order valence-electron chi connectivity index (χ4n) is 5.41. The summed E-state index contributed by atoms with van der Waals surface area (Å²) in [5, 5.41) is 0. The van der Waals surface area contributed by atoms with Crippen molar-refractivity contribution < 1.29 is 18.4 Å². The lowest BCUT2D eigenvalue weighted by Crippen LogP contribution is -2.39. The number of nitrogens with two attached hydrogens (primary N) is 1. The van der Waals surface area contributed by atoms with E-state index in [4.69, 9.17) is 18.4 Å². The van der Waals surface area contributed by atoms with Gasteiger partial charge in [-0.1, -0.05) is 93.8 Å². The number of rotatable bonds is 6. The normalized spacial score (nSPS) is 13.8. The number of hydrogen-bond acceptors (Lipinski definition) is 7. The number of ether oxygens (including phenoxy) is 3. The summed E-state index contributed by atoms with van der Waals surface area (Å²) in [6.45, 7) is 14.3. The smallest absolute Gasteiger partial charge is 0.183 e. The first-order chi connectivity index (χ1) is 22.9. The average Bonchev–Trinajstić information content (AvgIpc) is 3.12. The van der Waals surface area contributed by atoms with E-state index >= 15 is 0 Å². The zero-order valence-corrected chi connectivity index (χ0v) is 31.0. The third-order valence-corrected chi connectivity index (χ3v) is 8.32. The molecule has 0 saturated heterocycles. The second kappa shape index (κ2) is 21.3. The van der Waals surface area contributed by atoms with Crippen molar-refractivity contribution in [3.05, 3.63) is 112 Å². The topological polar surface area (TPSA) is 66.2 Å². The molecule has 0 spiro atoms. The number of methoxy groups -OCH3 is 3. The van der Waals surface area contributed by atoms with Crippen LogP contribution in [0, 0.1) is 13.8 Å². The van der Waals surface area contributed by atoms with Gasteiger partial charge in [-0.15, -0.1) is 0 Å². The predicted molar refractivity (Wildman–Crippen MR) is 199 cm³/mol. The molecule has 256 valence electrons.